The lowest BCUT2D eigenvalue weighted by Gasteiger charge is -2.04. The highest BCUT2D eigenvalue weighted by Gasteiger charge is 2.05. The van der Waals surface area contributed by atoms with E-state index in [1.165, 1.54) is 11.3 Å². The van der Waals surface area contributed by atoms with E-state index in [0.717, 1.165) is 18.7 Å². The Bertz CT molecular complexity index is 493. The molecule has 2 aromatic rings. The van der Waals surface area contributed by atoms with Crippen LogP contribution in [0.4, 0.5) is 5.13 Å². The van der Waals surface area contributed by atoms with Gasteiger partial charge in [0.1, 0.15) is 0 Å². The highest BCUT2D eigenvalue weighted by atomic mass is 32.1. The fourth-order valence-corrected chi connectivity index (χ4v) is 2.10. The number of nitrogens with one attached hydrogen (secondary N) is 1. The number of aryl methyl sites for hydroxylation is 1. The van der Waals surface area contributed by atoms with Crippen LogP contribution in [0.25, 0.3) is 0 Å². The monoisotopic (exact) mass is 265 g/mol. The van der Waals surface area contributed by atoms with Gasteiger partial charge < -0.3 is 11.1 Å². The minimum Gasteiger partial charge on any atom is -0.375 e. The first kappa shape index (κ1) is 12.6. The molecule has 0 aliphatic rings. The van der Waals surface area contributed by atoms with Gasteiger partial charge in [-0.05, 0) is 12.5 Å². The lowest BCUT2D eigenvalue weighted by atomic mass is 10.3. The molecule has 0 saturated carbocycles. The summed E-state index contributed by atoms with van der Waals surface area (Å²) in [5.41, 5.74) is 6.22. The second kappa shape index (κ2) is 6.15. The van der Waals surface area contributed by atoms with E-state index in [1.54, 1.807) is 11.6 Å². The minimum absolute atomic E-state index is 0.0271. The van der Waals surface area contributed by atoms with E-state index in [1.807, 2.05) is 16.9 Å². The Hall–Kier alpha value is -1.89. The molecule has 0 spiro atoms. The number of hydrogen-bond donors (Lipinski definition) is 2. The molecular formula is C11H15N5OS. The molecular weight excluding hydrogens is 250 g/mol. The number of anilines is 1. The molecule has 0 bridgehead atoms. The summed E-state index contributed by atoms with van der Waals surface area (Å²) in [7, 11) is 0. The summed E-state index contributed by atoms with van der Waals surface area (Å²) in [6, 6.07) is 1.88. The summed E-state index contributed by atoms with van der Waals surface area (Å²) >= 11 is 1.35. The third-order valence-electron chi connectivity index (χ3n) is 2.36. The average molecular weight is 265 g/mol. The molecule has 0 radical (unpaired) electrons. The molecule has 0 fully saturated rings. The quantitative estimate of drug-likeness (QED) is 0.752. The predicted molar refractivity (Wildman–Crippen MR) is 70.1 cm³/mol. The first-order valence-electron chi connectivity index (χ1n) is 5.68. The summed E-state index contributed by atoms with van der Waals surface area (Å²) in [5.74, 6) is -0.0271. The minimum atomic E-state index is -0.0271. The van der Waals surface area contributed by atoms with Gasteiger partial charge in [0.15, 0.2) is 5.13 Å². The third kappa shape index (κ3) is 3.85. The average Bonchev–Trinajstić information content (AvgIpc) is 2.96. The van der Waals surface area contributed by atoms with Crippen LogP contribution in [0.3, 0.4) is 0 Å². The summed E-state index contributed by atoms with van der Waals surface area (Å²) in [6.07, 6.45) is 4.78. The van der Waals surface area contributed by atoms with Gasteiger partial charge in [-0.15, -0.1) is 11.3 Å². The summed E-state index contributed by atoms with van der Waals surface area (Å²) in [6.45, 7) is 1.44. The Kier molecular flexibility index (Phi) is 4.30. The highest BCUT2D eigenvalue weighted by molar-refractivity contribution is 7.13. The van der Waals surface area contributed by atoms with E-state index >= 15 is 0 Å². The third-order valence-corrected chi connectivity index (χ3v) is 3.08. The van der Waals surface area contributed by atoms with Crippen molar-refractivity contribution in [2.24, 2.45) is 0 Å². The summed E-state index contributed by atoms with van der Waals surface area (Å²) in [5, 5.41) is 9.23. The van der Waals surface area contributed by atoms with E-state index in [9.17, 15) is 4.79 Å². The smallest absolute Gasteiger partial charge is 0.226 e. The van der Waals surface area contributed by atoms with E-state index in [-0.39, 0.29) is 12.3 Å². The van der Waals surface area contributed by atoms with Crippen molar-refractivity contribution >= 4 is 22.4 Å². The predicted octanol–water partition coefficient (Wildman–Crippen LogP) is 0.671. The van der Waals surface area contributed by atoms with Crippen molar-refractivity contribution in [2.45, 2.75) is 19.4 Å². The van der Waals surface area contributed by atoms with Crippen LogP contribution in [0, 0.1) is 0 Å². The number of rotatable bonds is 6. The maximum atomic E-state index is 11.6. The number of nitrogens with two attached hydrogens (primary N) is 1. The second-order valence-corrected chi connectivity index (χ2v) is 4.72. The van der Waals surface area contributed by atoms with Crippen molar-refractivity contribution in [3.63, 3.8) is 0 Å². The van der Waals surface area contributed by atoms with Crippen LogP contribution in [0.2, 0.25) is 0 Å². The van der Waals surface area contributed by atoms with Crippen LogP contribution in [0.15, 0.2) is 23.8 Å². The molecule has 6 nitrogen and oxygen atoms in total. The summed E-state index contributed by atoms with van der Waals surface area (Å²) < 4.78 is 1.84. The SMILES string of the molecule is Nc1nc(CC(=O)NCCCn2cccn2)cs1. The van der Waals surface area contributed by atoms with Crippen molar-refractivity contribution in [1.82, 2.24) is 20.1 Å². The molecule has 18 heavy (non-hydrogen) atoms. The number of carbonyl (C=O) groups is 1. The zero-order chi connectivity index (χ0) is 12.8. The Morgan fingerprint density at radius 2 is 2.44 bits per heavy atom. The maximum absolute atomic E-state index is 11.6. The molecule has 0 saturated heterocycles. The van der Waals surface area contributed by atoms with E-state index in [0.29, 0.717) is 11.7 Å². The van der Waals surface area contributed by atoms with Crippen molar-refractivity contribution in [3.05, 3.63) is 29.5 Å². The van der Waals surface area contributed by atoms with Crippen LogP contribution in [0.1, 0.15) is 12.1 Å². The summed E-state index contributed by atoms with van der Waals surface area (Å²) in [4.78, 5) is 15.6. The maximum Gasteiger partial charge on any atom is 0.226 e. The van der Waals surface area contributed by atoms with E-state index in [4.69, 9.17) is 5.73 Å². The lowest BCUT2D eigenvalue weighted by Crippen LogP contribution is -2.27. The molecule has 1 amide bonds. The zero-order valence-electron chi connectivity index (χ0n) is 9.87. The van der Waals surface area contributed by atoms with Crippen molar-refractivity contribution in [3.8, 4) is 0 Å². The normalized spacial score (nSPS) is 10.4. The van der Waals surface area contributed by atoms with Crippen molar-refractivity contribution in [2.75, 3.05) is 12.3 Å². The highest BCUT2D eigenvalue weighted by Crippen LogP contribution is 2.11. The molecule has 2 aromatic heterocycles. The number of nitrogens with zero attached hydrogens (tertiary/aromatic N) is 3. The van der Waals surface area contributed by atoms with Crippen LogP contribution >= 0.6 is 11.3 Å². The van der Waals surface area contributed by atoms with Gasteiger partial charge in [0, 0.05) is 30.9 Å². The second-order valence-electron chi connectivity index (χ2n) is 3.83. The number of thiazole rings is 1. The van der Waals surface area contributed by atoms with Gasteiger partial charge in [0.05, 0.1) is 12.1 Å². The molecule has 0 aliphatic heterocycles. The van der Waals surface area contributed by atoms with Crippen molar-refractivity contribution < 1.29 is 4.79 Å². The number of nitrogen functional groups attached to an aromatic ring is 1. The van der Waals surface area contributed by atoms with Gasteiger partial charge in [0.2, 0.25) is 5.91 Å². The molecule has 0 aromatic carbocycles. The Labute approximate surface area is 109 Å². The number of amides is 1. The Balaban J connectivity index is 1.63. The zero-order valence-corrected chi connectivity index (χ0v) is 10.7. The molecule has 2 rings (SSSR count). The first-order valence-corrected chi connectivity index (χ1v) is 6.56. The van der Waals surface area contributed by atoms with Gasteiger partial charge in [-0.2, -0.15) is 5.10 Å². The van der Waals surface area contributed by atoms with E-state index < -0.39 is 0 Å². The first-order chi connectivity index (χ1) is 8.74. The van der Waals surface area contributed by atoms with E-state index in [2.05, 4.69) is 15.4 Å². The number of hydrogen-bond acceptors (Lipinski definition) is 5. The molecule has 3 N–H and O–H groups in total. The number of aromatic nitrogens is 3. The largest absolute Gasteiger partial charge is 0.375 e. The topological polar surface area (TPSA) is 85.8 Å². The molecule has 0 aliphatic carbocycles. The van der Waals surface area contributed by atoms with Crippen molar-refractivity contribution in [1.29, 1.82) is 0 Å². The Morgan fingerprint density at radius 1 is 1.56 bits per heavy atom. The lowest BCUT2D eigenvalue weighted by molar-refractivity contribution is -0.120. The van der Waals surface area contributed by atoms with Gasteiger partial charge in [0.25, 0.3) is 0 Å². The fraction of sp³-hybridized carbons (Fsp3) is 0.364. The van der Waals surface area contributed by atoms with Gasteiger partial charge >= 0.3 is 0 Å². The standard InChI is InChI=1S/C11H15N5OS/c12-11-15-9(8-18-11)7-10(17)13-3-1-5-16-6-2-4-14-16/h2,4,6,8H,1,3,5,7H2,(H2,12,15)(H,13,17). The van der Waals surface area contributed by atoms with Crippen LogP contribution in [-0.2, 0) is 17.8 Å². The van der Waals surface area contributed by atoms with Crippen LogP contribution in [-0.4, -0.2) is 27.2 Å². The molecule has 0 atom stereocenters. The Morgan fingerprint density at radius 3 is 3.11 bits per heavy atom. The molecule has 7 heteroatoms. The molecule has 2 heterocycles. The van der Waals surface area contributed by atoms with Crippen LogP contribution < -0.4 is 11.1 Å². The van der Waals surface area contributed by atoms with Gasteiger partial charge in [-0.3, -0.25) is 9.48 Å². The number of carbonyl (C=O) groups excluding carboxylic acids is 1. The van der Waals surface area contributed by atoms with Gasteiger partial charge in [-0.1, -0.05) is 0 Å². The fourth-order valence-electron chi connectivity index (χ4n) is 1.53. The van der Waals surface area contributed by atoms with Crippen LogP contribution in [0.5, 0.6) is 0 Å². The van der Waals surface area contributed by atoms with Gasteiger partial charge in [-0.25, -0.2) is 4.98 Å². The molecule has 96 valence electrons. The molecule has 0 unspecified atom stereocenters.